The average Bonchev–Trinajstić information content (AvgIpc) is 2.34. The highest BCUT2D eigenvalue weighted by molar-refractivity contribution is 5.71. The smallest absolute Gasteiger partial charge is 0.310 e. The Morgan fingerprint density at radius 1 is 1.61 bits per heavy atom. The Labute approximate surface area is 103 Å². The second-order valence-corrected chi connectivity index (χ2v) is 3.61. The zero-order valence-corrected chi connectivity index (χ0v) is 9.66. The van der Waals surface area contributed by atoms with E-state index in [1.165, 1.54) is 23.1 Å². The molecule has 0 aliphatic rings. The first-order valence-electron chi connectivity index (χ1n) is 5.07. The molecule has 1 rings (SSSR count). The predicted octanol–water partition coefficient (Wildman–Crippen LogP) is 1.38. The quantitative estimate of drug-likeness (QED) is 0.623. The lowest BCUT2D eigenvalue weighted by molar-refractivity contribution is -0.384. The summed E-state index contributed by atoms with van der Waals surface area (Å²) in [6.45, 7) is 0.130. The third-order valence-electron chi connectivity index (χ3n) is 2.39. The molecule has 0 spiro atoms. The van der Waals surface area contributed by atoms with Gasteiger partial charge in [-0.15, -0.1) is 0 Å². The van der Waals surface area contributed by atoms with E-state index in [2.05, 4.69) is 0 Å². The number of carbonyl (C=O) groups is 1. The summed E-state index contributed by atoms with van der Waals surface area (Å²) in [7, 11) is 1.55. The fourth-order valence-electron chi connectivity index (χ4n) is 1.51. The SMILES string of the molecule is CN(CCC(=O)O)c1cccc(C#N)c1[N+](=O)[O-]. The average molecular weight is 249 g/mol. The Morgan fingerprint density at radius 2 is 2.28 bits per heavy atom. The van der Waals surface area contributed by atoms with E-state index >= 15 is 0 Å². The molecule has 0 aliphatic heterocycles. The molecule has 7 nitrogen and oxygen atoms in total. The minimum Gasteiger partial charge on any atom is -0.481 e. The van der Waals surface area contributed by atoms with Gasteiger partial charge in [-0.1, -0.05) is 6.07 Å². The Kier molecular flexibility index (Phi) is 4.21. The topological polar surface area (TPSA) is 107 Å². The van der Waals surface area contributed by atoms with Crippen LogP contribution < -0.4 is 4.90 Å². The van der Waals surface area contributed by atoms with Gasteiger partial charge in [-0.2, -0.15) is 5.26 Å². The van der Waals surface area contributed by atoms with E-state index in [-0.39, 0.29) is 29.9 Å². The number of para-hydroxylation sites is 1. The van der Waals surface area contributed by atoms with Crippen molar-refractivity contribution in [3.8, 4) is 6.07 Å². The monoisotopic (exact) mass is 249 g/mol. The molecule has 18 heavy (non-hydrogen) atoms. The van der Waals surface area contributed by atoms with Gasteiger partial charge in [0, 0.05) is 13.6 Å². The fraction of sp³-hybridized carbons (Fsp3) is 0.273. The summed E-state index contributed by atoms with van der Waals surface area (Å²) in [6, 6.07) is 6.12. The third-order valence-corrected chi connectivity index (χ3v) is 2.39. The molecule has 0 amide bonds. The van der Waals surface area contributed by atoms with Gasteiger partial charge in [-0.05, 0) is 12.1 Å². The zero-order chi connectivity index (χ0) is 13.7. The van der Waals surface area contributed by atoms with Gasteiger partial charge in [0.1, 0.15) is 17.3 Å². The van der Waals surface area contributed by atoms with Crippen molar-refractivity contribution >= 4 is 17.3 Å². The second kappa shape index (κ2) is 5.63. The highest BCUT2D eigenvalue weighted by Crippen LogP contribution is 2.30. The number of aliphatic carboxylic acids is 1. The maximum Gasteiger partial charge on any atom is 0.310 e. The van der Waals surface area contributed by atoms with Crippen molar-refractivity contribution in [3.63, 3.8) is 0 Å². The van der Waals surface area contributed by atoms with Gasteiger partial charge in [0.25, 0.3) is 0 Å². The number of hydrogen-bond acceptors (Lipinski definition) is 5. The van der Waals surface area contributed by atoms with Gasteiger partial charge in [0.15, 0.2) is 0 Å². The largest absolute Gasteiger partial charge is 0.481 e. The molecule has 0 aromatic heterocycles. The molecule has 1 aromatic rings. The molecule has 94 valence electrons. The van der Waals surface area contributed by atoms with Crippen molar-refractivity contribution in [1.29, 1.82) is 5.26 Å². The van der Waals surface area contributed by atoms with Crippen LogP contribution in [0.25, 0.3) is 0 Å². The van der Waals surface area contributed by atoms with Crippen LogP contribution in [0.15, 0.2) is 18.2 Å². The fourth-order valence-corrected chi connectivity index (χ4v) is 1.51. The second-order valence-electron chi connectivity index (χ2n) is 3.61. The van der Waals surface area contributed by atoms with E-state index in [1.54, 1.807) is 13.1 Å². The van der Waals surface area contributed by atoms with Crippen molar-refractivity contribution in [2.45, 2.75) is 6.42 Å². The Balaban J connectivity index is 3.12. The van der Waals surface area contributed by atoms with Gasteiger partial charge in [0.05, 0.1) is 11.3 Å². The summed E-state index contributed by atoms with van der Waals surface area (Å²) in [6.07, 6.45) is -0.134. The lowest BCUT2D eigenvalue weighted by Crippen LogP contribution is -2.22. The molecule has 1 aromatic carbocycles. The van der Waals surface area contributed by atoms with Gasteiger partial charge < -0.3 is 10.0 Å². The van der Waals surface area contributed by atoms with E-state index in [4.69, 9.17) is 10.4 Å². The first kappa shape index (κ1) is 13.4. The minimum absolute atomic E-state index is 0.0420. The number of carboxylic acids is 1. The predicted molar refractivity (Wildman–Crippen MR) is 63.3 cm³/mol. The molecule has 0 atom stereocenters. The van der Waals surface area contributed by atoms with E-state index in [0.717, 1.165) is 0 Å². The van der Waals surface area contributed by atoms with Crippen LogP contribution in [0, 0.1) is 21.4 Å². The van der Waals surface area contributed by atoms with Crippen molar-refractivity contribution < 1.29 is 14.8 Å². The number of rotatable bonds is 5. The summed E-state index contributed by atoms with van der Waals surface area (Å²) in [5, 5.41) is 28.4. The molecule has 1 N–H and O–H groups in total. The molecular weight excluding hydrogens is 238 g/mol. The maximum absolute atomic E-state index is 11.0. The number of hydrogen-bond donors (Lipinski definition) is 1. The Bertz CT molecular complexity index is 522. The summed E-state index contributed by atoms with van der Waals surface area (Å²) in [5.74, 6) is -0.985. The van der Waals surface area contributed by atoms with E-state index in [0.29, 0.717) is 0 Å². The molecule has 0 unspecified atom stereocenters. The van der Waals surface area contributed by atoms with Crippen LogP contribution in [0.4, 0.5) is 11.4 Å². The van der Waals surface area contributed by atoms with Gasteiger partial charge in [0.2, 0.25) is 0 Å². The van der Waals surface area contributed by atoms with Crippen molar-refractivity contribution in [2.75, 3.05) is 18.5 Å². The summed E-state index contributed by atoms with van der Waals surface area (Å²) in [5.41, 5.74) is -0.104. The summed E-state index contributed by atoms with van der Waals surface area (Å²) < 4.78 is 0. The van der Waals surface area contributed by atoms with Crippen LogP contribution >= 0.6 is 0 Å². The molecular formula is C11H11N3O4. The number of nitriles is 1. The molecule has 0 fully saturated rings. The van der Waals surface area contributed by atoms with Crippen LogP contribution in [0.1, 0.15) is 12.0 Å². The molecule has 0 bridgehead atoms. The number of anilines is 1. The Hall–Kier alpha value is -2.62. The highest BCUT2D eigenvalue weighted by Gasteiger charge is 2.22. The highest BCUT2D eigenvalue weighted by atomic mass is 16.6. The first-order chi connectivity index (χ1) is 8.47. The Morgan fingerprint density at radius 3 is 2.78 bits per heavy atom. The molecule has 0 saturated carbocycles. The van der Waals surface area contributed by atoms with Crippen molar-refractivity contribution in [3.05, 3.63) is 33.9 Å². The zero-order valence-electron chi connectivity index (χ0n) is 9.66. The summed E-state index contributed by atoms with van der Waals surface area (Å²) >= 11 is 0. The number of nitro benzene ring substituents is 1. The lowest BCUT2D eigenvalue weighted by Gasteiger charge is -2.18. The van der Waals surface area contributed by atoms with E-state index < -0.39 is 10.9 Å². The van der Waals surface area contributed by atoms with Crippen LogP contribution in [-0.4, -0.2) is 29.6 Å². The summed E-state index contributed by atoms with van der Waals surface area (Å²) in [4.78, 5) is 22.2. The molecule has 0 saturated heterocycles. The lowest BCUT2D eigenvalue weighted by atomic mass is 10.1. The molecule has 0 aliphatic carbocycles. The molecule has 0 radical (unpaired) electrons. The first-order valence-corrected chi connectivity index (χ1v) is 5.07. The van der Waals surface area contributed by atoms with Gasteiger partial charge >= 0.3 is 11.7 Å². The van der Waals surface area contributed by atoms with Gasteiger partial charge in [-0.25, -0.2) is 0 Å². The molecule has 7 heteroatoms. The van der Waals surface area contributed by atoms with Crippen molar-refractivity contribution in [2.24, 2.45) is 0 Å². The third kappa shape index (κ3) is 2.95. The standard InChI is InChI=1S/C11H11N3O4/c1-13(6-5-10(15)16)9-4-2-3-8(7-12)11(9)14(17)18/h2-4H,5-6H2,1H3,(H,15,16). The van der Waals surface area contributed by atoms with Crippen LogP contribution in [-0.2, 0) is 4.79 Å². The van der Waals surface area contributed by atoms with Crippen LogP contribution in [0.5, 0.6) is 0 Å². The van der Waals surface area contributed by atoms with E-state index in [9.17, 15) is 14.9 Å². The number of nitrogens with zero attached hydrogens (tertiary/aromatic N) is 3. The van der Waals surface area contributed by atoms with Crippen LogP contribution in [0.2, 0.25) is 0 Å². The van der Waals surface area contributed by atoms with Gasteiger partial charge in [-0.3, -0.25) is 14.9 Å². The molecule has 0 heterocycles. The maximum atomic E-state index is 11.0. The van der Waals surface area contributed by atoms with Crippen molar-refractivity contribution in [1.82, 2.24) is 0 Å². The van der Waals surface area contributed by atoms with E-state index in [1.807, 2.05) is 0 Å². The number of carboxylic acid groups (broad SMARTS) is 1. The minimum atomic E-state index is -0.985. The normalized spacial score (nSPS) is 9.56. The number of benzene rings is 1. The van der Waals surface area contributed by atoms with Crippen LogP contribution in [0.3, 0.4) is 0 Å². The number of nitro groups is 1.